The molecule has 0 aromatic heterocycles. The first kappa shape index (κ1) is 16.9. The van der Waals surface area contributed by atoms with E-state index in [4.69, 9.17) is 0 Å². The normalized spacial score (nSPS) is 19.9. The van der Waals surface area contributed by atoms with Crippen LogP contribution in [0.4, 0.5) is 5.69 Å². The minimum atomic E-state index is -3.48. The van der Waals surface area contributed by atoms with Crippen molar-refractivity contribution >= 4 is 21.6 Å². The van der Waals surface area contributed by atoms with Crippen molar-refractivity contribution in [1.82, 2.24) is 9.62 Å². The fourth-order valence-corrected chi connectivity index (χ4v) is 4.09. The van der Waals surface area contributed by atoms with Crippen molar-refractivity contribution < 1.29 is 13.2 Å². The maximum atomic E-state index is 12.7. The summed E-state index contributed by atoms with van der Waals surface area (Å²) in [6, 6.07) is 6.65. The summed E-state index contributed by atoms with van der Waals surface area (Å²) in [6.07, 6.45) is 1.85. The smallest absolute Gasteiger partial charge is 0.243 e. The average Bonchev–Trinajstić information content (AvgIpc) is 2.54. The second-order valence-corrected chi connectivity index (χ2v) is 7.50. The van der Waals surface area contributed by atoms with E-state index < -0.39 is 10.0 Å². The average molecular weight is 325 g/mol. The number of benzene rings is 1. The number of sulfonamides is 1. The van der Waals surface area contributed by atoms with Crippen LogP contribution < -0.4 is 10.2 Å². The van der Waals surface area contributed by atoms with Crippen LogP contribution in [0.1, 0.15) is 19.8 Å². The molecule has 1 heterocycles. The number of anilines is 1. The molecule has 1 N–H and O–H groups in total. The third kappa shape index (κ3) is 3.48. The van der Waals surface area contributed by atoms with Crippen molar-refractivity contribution in [2.75, 3.05) is 32.1 Å². The third-order valence-electron chi connectivity index (χ3n) is 4.13. The van der Waals surface area contributed by atoms with Crippen LogP contribution in [0.3, 0.4) is 0 Å². The van der Waals surface area contributed by atoms with Gasteiger partial charge in [0.25, 0.3) is 0 Å². The molecule has 6 nitrogen and oxygen atoms in total. The van der Waals surface area contributed by atoms with Crippen LogP contribution in [0.25, 0.3) is 0 Å². The Hall–Kier alpha value is -1.44. The zero-order chi connectivity index (χ0) is 16.3. The van der Waals surface area contributed by atoms with Gasteiger partial charge in [-0.1, -0.05) is 0 Å². The predicted molar refractivity (Wildman–Crippen MR) is 86.4 cm³/mol. The van der Waals surface area contributed by atoms with Gasteiger partial charge in [0.15, 0.2) is 0 Å². The third-order valence-corrected chi connectivity index (χ3v) is 6.01. The number of nitrogens with zero attached hydrogens (tertiary/aromatic N) is 2. The molecule has 1 amide bonds. The Labute approximate surface area is 132 Å². The van der Waals surface area contributed by atoms with Crippen molar-refractivity contribution in [3.8, 4) is 0 Å². The zero-order valence-corrected chi connectivity index (χ0v) is 14.1. The van der Waals surface area contributed by atoms with Gasteiger partial charge in [-0.05, 0) is 44.2 Å². The van der Waals surface area contributed by atoms with Crippen molar-refractivity contribution in [3.63, 3.8) is 0 Å². The number of likely N-dealkylation sites (N-methyl/N-ethyl adjacent to an activating group) is 1. The van der Waals surface area contributed by atoms with Crippen LogP contribution in [-0.2, 0) is 14.8 Å². The van der Waals surface area contributed by atoms with Crippen molar-refractivity contribution in [2.45, 2.75) is 30.7 Å². The van der Waals surface area contributed by atoms with Gasteiger partial charge in [-0.15, -0.1) is 0 Å². The van der Waals surface area contributed by atoms with Gasteiger partial charge in [-0.3, -0.25) is 4.79 Å². The molecule has 1 aliphatic rings. The van der Waals surface area contributed by atoms with Gasteiger partial charge >= 0.3 is 0 Å². The summed E-state index contributed by atoms with van der Waals surface area (Å²) >= 11 is 0. The number of nitrogens with one attached hydrogen (secondary N) is 1. The van der Waals surface area contributed by atoms with Gasteiger partial charge in [0.2, 0.25) is 15.9 Å². The molecule has 22 heavy (non-hydrogen) atoms. The Morgan fingerprint density at radius 3 is 2.50 bits per heavy atom. The van der Waals surface area contributed by atoms with E-state index in [-0.39, 0.29) is 16.8 Å². The number of hydrogen-bond donors (Lipinski definition) is 1. The van der Waals surface area contributed by atoms with E-state index in [1.54, 1.807) is 31.3 Å². The summed E-state index contributed by atoms with van der Waals surface area (Å²) < 4.78 is 26.9. The van der Waals surface area contributed by atoms with Crippen LogP contribution >= 0.6 is 0 Å². The fourth-order valence-electron chi connectivity index (χ4n) is 2.57. The number of carbonyl (C=O) groups is 1. The van der Waals surface area contributed by atoms with Gasteiger partial charge in [-0.25, -0.2) is 8.42 Å². The van der Waals surface area contributed by atoms with Gasteiger partial charge in [0, 0.05) is 38.8 Å². The highest BCUT2D eigenvalue weighted by Crippen LogP contribution is 2.23. The molecule has 1 aromatic rings. The largest absolute Gasteiger partial charge is 0.316 e. The lowest BCUT2D eigenvalue weighted by Gasteiger charge is -2.31. The molecule has 1 aliphatic heterocycles. The Morgan fingerprint density at radius 2 is 1.95 bits per heavy atom. The second-order valence-electron chi connectivity index (χ2n) is 5.56. The topological polar surface area (TPSA) is 69.7 Å². The van der Waals surface area contributed by atoms with Crippen LogP contribution in [0.2, 0.25) is 0 Å². The van der Waals surface area contributed by atoms with Crippen LogP contribution in [0.15, 0.2) is 29.2 Å². The molecule has 1 aromatic carbocycles. The molecule has 0 radical (unpaired) electrons. The number of hydrogen-bond acceptors (Lipinski definition) is 4. The molecule has 1 fully saturated rings. The van der Waals surface area contributed by atoms with Crippen LogP contribution in [0.5, 0.6) is 0 Å². The lowest BCUT2D eigenvalue weighted by atomic mass is 10.1. The summed E-state index contributed by atoms with van der Waals surface area (Å²) in [5, 5.41) is 3.14. The van der Waals surface area contributed by atoms with E-state index in [2.05, 4.69) is 5.32 Å². The van der Waals surface area contributed by atoms with E-state index in [0.29, 0.717) is 18.8 Å². The van der Waals surface area contributed by atoms with E-state index >= 15 is 0 Å². The van der Waals surface area contributed by atoms with Gasteiger partial charge < -0.3 is 10.2 Å². The molecular weight excluding hydrogens is 302 g/mol. The standard InChI is InChI=1S/C15H23N3O3S/c1-12(19)17(3)14-6-8-15(9-7-14)22(20,21)18-10-4-5-13(11-18)16-2/h6-9,13,16H,4-5,10-11H2,1-3H3. The molecule has 0 aliphatic carbocycles. The molecule has 7 heteroatoms. The summed E-state index contributed by atoms with van der Waals surface area (Å²) in [5.41, 5.74) is 0.679. The highest BCUT2D eigenvalue weighted by Gasteiger charge is 2.29. The molecule has 0 bridgehead atoms. The van der Waals surface area contributed by atoms with Crippen molar-refractivity contribution in [2.24, 2.45) is 0 Å². The van der Waals surface area contributed by atoms with Crippen molar-refractivity contribution in [1.29, 1.82) is 0 Å². The minimum absolute atomic E-state index is 0.0940. The highest BCUT2D eigenvalue weighted by atomic mass is 32.2. The molecule has 1 saturated heterocycles. The van der Waals surface area contributed by atoms with Gasteiger partial charge in [0.1, 0.15) is 0 Å². The van der Waals surface area contributed by atoms with Crippen LogP contribution in [-0.4, -0.2) is 51.9 Å². The molecule has 0 spiro atoms. The second kappa shape index (κ2) is 6.76. The zero-order valence-electron chi connectivity index (χ0n) is 13.2. The first-order chi connectivity index (χ1) is 10.4. The monoisotopic (exact) mass is 325 g/mol. The maximum Gasteiger partial charge on any atom is 0.243 e. The summed E-state index contributed by atoms with van der Waals surface area (Å²) in [7, 11) is 0.0372. The number of rotatable bonds is 4. The van der Waals surface area contributed by atoms with Crippen LogP contribution in [0, 0.1) is 0 Å². The SMILES string of the molecule is CNC1CCCN(S(=O)(=O)c2ccc(N(C)C(C)=O)cc2)C1. The van der Waals surface area contributed by atoms with Gasteiger partial charge in [-0.2, -0.15) is 4.31 Å². The minimum Gasteiger partial charge on any atom is -0.316 e. The quantitative estimate of drug-likeness (QED) is 0.898. The lowest BCUT2D eigenvalue weighted by molar-refractivity contribution is -0.116. The summed E-state index contributed by atoms with van der Waals surface area (Å²) in [6.45, 7) is 2.51. The van der Waals surface area contributed by atoms with E-state index in [1.165, 1.54) is 16.1 Å². The Balaban J connectivity index is 2.21. The molecule has 1 unspecified atom stereocenters. The van der Waals surface area contributed by atoms with Gasteiger partial charge in [0.05, 0.1) is 4.90 Å². The fraction of sp³-hybridized carbons (Fsp3) is 0.533. The number of piperidine rings is 1. The van der Waals surface area contributed by atoms with Crippen molar-refractivity contribution in [3.05, 3.63) is 24.3 Å². The number of carbonyl (C=O) groups excluding carboxylic acids is 1. The first-order valence-corrected chi connectivity index (χ1v) is 8.82. The predicted octanol–water partition coefficient (Wildman–Crippen LogP) is 1.04. The lowest BCUT2D eigenvalue weighted by Crippen LogP contribution is -2.46. The molecule has 122 valence electrons. The Morgan fingerprint density at radius 1 is 1.32 bits per heavy atom. The molecule has 0 saturated carbocycles. The highest BCUT2D eigenvalue weighted by molar-refractivity contribution is 7.89. The molecule has 1 atom stereocenters. The van der Waals surface area contributed by atoms with E-state index in [9.17, 15) is 13.2 Å². The first-order valence-electron chi connectivity index (χ1n) is 7.38. The maximum absolute atomic E-state index is 12.7. The summed E-state index contributed by atoms with van der Waals surface area (Å²) in [5.74, 6) is -0.0940. The Bertz CT molecular complexity index is 628. The summed E-state index contributed by atoms with van der Waals surface area (Å²) in [4.78, 5) is 13.1. The molecular formula is C15H23N3O3S. The molecule has 2 rings (SSSR count). The number of amides is 1. The van der Waals surface area contributed by atoms with E-state index in [1.807, 2.05) is 7.05 Å². The van der Waals surface area contributed by atoms with E-state index in [0.717, 1.165) is 12.8 Å². The Kier molecular flexibility index (Phi) is 5.20.